The number of rotatable bonds is 5. The van der Waals surface area contributed by atoms with Crippen LogP contribution in [0, 0.1) is 5.92 Å². The average molecular weight is 276 g/mol. The van der Waals surface area contributed by atoms with Crippen molar-refractivity contribution in [3.8, 4) is 11.5 Å². The van der Waals surface area contributed by atoms with E-state index in [0.717, 1.165) is 31.1 Å². The van der Waals surface area contributed by atoms with Crippen molar-refractivity contribution in [1.82, 2.24) is 10.2 Å². The van der Waals surface area contributed by atoms with Gasteiger partial charge in [-0.25, -0.2) is 0 Å². The Bertz CT molecular complexity index is 452. The molecule has 0 spiro atoms. The van der Waals surface area contributed by atoms with E-state index in [1.54, 1.807) is 12.1 Å². The SMILES string of the molecule is Oc1ccc(CN2CCC(NCC3CC3)CC2)cc1O. The number of phenolic OH excluding ortho intramolecular Hbond substituents is 2. The number of aromatic hydroxyl groups is 2. The molecule has 1 aliphatic heterocycles. The highest BCUT2D eigenvalue weighted by Crippen LogP contribution is 2.28. The first kappa shape index (κ1) is 13.7. The Morgan fingerprint density at radius 3 is 2.45 bits per heavy atom. The Hall–Kier alpha value is -1.26. The number of hydrogen-bond donors (Lipinski definition) is 3. The zero-order valence-corrected chi connectivity index (χ0v) is 11.9. The number of benzene rings is 1. The summed E-state index contributed by atoms with van der Waals surface area (Å²) in [7, 11) is 0. The quantitative estimate of drug-likeness (QED) is 0.721. The lowest BCUT2D eigenvalue weighted by Gasteiger charge is -2.32. The second-order valence-corrected chi connectivity index (χ2v) is 6.23. The third-order valence-corrected chi connectivity index (χ3v) is 4.43. The van der Waals surface area contributed by atoms with Gasteiger partial charge in [-0.2, -0.15) is 0 Å². The standard InChI is InChI=1S/C16H24N2O2/c19-15-4-3-13(9-16(15)20)11-18-7-5-14(6-8-18)17-10-12-1-2-12/h3-4,9,12,14,17,19-20H,1-2,5-8,10-11H2. The molecule has 0 radical (unpaired) electrons. The third kappa shape index (κ3) is 3.64. The summed E-state index contributed by atoms with van der Waals surface area (Å²) >= 11 is 0. The van der Waals surface area contributed by atoms with Crippen LogP contribution in [-0.4, -0.2) is 40.8 Å². The summed E-state index contributed by atoms with van der Waals surface area (Å²) in [5, 5.41) is 22.5. The molecule has 3 rings (SSSR count). The zero-order valence-electron chi connectivity index (χ0n) is 11.9. The van der Waals surface area contributed by atoms with Crippen LogP contribution in [0.15, 0.2) is 18.2 Å². The normalized spacial score (nSPS) is 21.2. The highest BCUT2D eigenvalue weighted by atomic mass is 16.3. The smallest absolute Gasteiger partial charge is 0.157 e. The Kier molecular flexibility index (Phi) is 4.13. The number of phenols is 2. The molecule has 20 heavy (non-hydrogen) atoms. The van der Waals surface area contributed by atoms with Gasteiger partial charge in [-0.1, -0.05) is 6.07 Å². The van der Waals surface area contributed by atoms with Crippen molar-refractivity contribution < 1.29 is 10.2 Å². The van der Waals surface area contributed by atoms with E-state index >= 15 is 0 Å². The van der Waals surface area contributed by atoms with Crippen LogP contribution >= 0.6 is 0 Å². The van der Waals surface area contributed by atoms with E-state index in [0.29, 0.717) is 6.04 Å². The molecule has 1 saturated heterocycles. The minimum atomic E-state index is -0.0447. The molecular weight excluding hydrogens is 252 g/mol. The molecule has 2 fully saturated rings. The number of nitrogens with one attached hydrogen (secondary N) is 1. The molecule has 2 aliphatic rings. The number of likely N-dealkylation sites (tertiary alicyclic amines) is 1. The van der Waals surface area contributed by atoms with Gasteiger partial charge in [-0.15, -0.1) is 0 Å². The summed E-state index contributed by atoms with van der Waals surface area (Å²) in [6, 6.07) is 5.79. The van der Waals surface area contributed by atoms with Crippen molar-refractivity contribution in [3.05, 3.63) is 23.8 Å². The van der Waals surface area contributed by atoms with Gasteiger partial charge in [-0.05, 0) is 68.9 Å². The van der Waals surface area contributed by atoms with E-state index in [2.05, 4.69) is 10.2 Å². The molecular formula is C16H24N2O2. The summed E-state index contributed by atoms with van der Waals surface area (Å²) < 4.78 is 0. The minimum absolute atomic E-state index is 0.0245. The van der Waals surface area contributed by atoms with Crippen molar-refractivity contribution >= 4 is 0 Å². The minimum Gasteiger partial charge on any atom is -0.504 e. The van der Waals surface area contributed by atoms with Crippen molar-refractivity contribution in [3.63, 3.8) is 0 Å². The predicted octanol–water partition coefficient (Wildman–Crippen LogP) is 2.06. The molecule has 0 unspecified atom stereocenters. The van der Waals surface area contributed by atoms with Gasteiger partial charge in [0.2, 0.25) is 0 Å². The van der Waals surface area contributed by atoms with Crippen LogP contribution in [0.4, 0.5) is 0 Å². The van der Waals surface area contributed by atoms with E-state index in [-0.39, 0.29) is 11.5 Å². The fraction of sp³-hybridized carbons (Fsp3) is 0.625. The van der Waals surface area contributed by atoms with E-state index in [1.165, 1.54) is 32.2 Å². The van der Waals surface area contributed by atoms with Crippen LogP contribution in [0.5, 0.6) is 11.5 Å². The van der Waals surface area contributed by atoms with E-state index < -0.39 is 0 Å². The van der Waals surface area contributed by atoms with Crippen LogP contribution in [0.3, 0.4) is 0 Å². The zero-order chi connectivity index (χ0) is 13.9. The van der Waals surface area contributed by atoms with Gasteiger partial charge in [0.1, 0.15) is 0 Å². The Morgan fingerprint density at radius 2 is 1.80 bits per heavy atom. The summed E-state index contributed by atoms with van der Waals surface area (Å²) in [4.78, 5) is 2.42. The molecule has 1 aliphatic carbocycles. The molecule has 1 aromatic carbocycles. The number of hydrogen-bond acceptors (Lipinski definition) is 4. The fourth-order valence-electron chi connectivity index (χ4n) is 2.88. The van der Waals surface area contributed by atoms with Crippen LogP contribution in [0.2, 0.25) is 0 Å². The van der Waals surface area contributed by atoms with Gasteiger partial charge < -0.3 is 15.5 Å². The largest absolute Gasteiger partial charge is 0.504 e. The Balaban J connectivity index is 1.44. The van der Waals surface area contributed by atoms with Crippen molar-refractivity contribution in [2.75, 3.05) is 19.6 Å². The molecule has 1 saturated carbocycles. The molecule has 1 heterocycles. The predicted molar refractivity (Wildman–Crippen MR) is 78.8 cm³/mol. The average Bonchev–Trinajstić information content (AvgIpc) is 3.26. The maximum atomic E-state index is 9.52. The van der Waals surface area contributed by atoms with Crippen LogP contribution in [0.25, 0.3) is 0 Å². The van der Waals surface area contributed by atoms with Crippen LogP contribution in [-0.2, 0) is 6.54 Å². The van der Waals surface area contributed by atoms with Gasteiger partial charge in [0, 0.05) is 12.6 Å². The molecule has 4 heteroatoms. The first-order chi connectivity index (χ1) is 9.70. The molecule has 4 nitrogen and oxygen atoms in total. The lowest BCUT2D eigenvalue weighted by atomic mass is 10.0. The molecule has 0 amide bonds. The second kappa shape index (κ2) is 6.02. The Morgan fingerprint density at radius 1 is 1.05 bits per heavy atom. The lowest BCUT2D eigenvalue weighted by molar-refractivity contribution is 0.190. The topological polar surface area (TPSA) is 55.7 Å². The van der Waals surface area contributed by atoms with Gasteiger partial charge in [-0.3, -0.25) is 4.90 Å². The summed E-state index contributed by atoms with van der Waals surface area (Å²) in [6.45, 7) is 4.26. The Labute approximate surface area is 120 Å². The first-order valence-electron chi connectivity index (χ1n) is 7.67. The maximum absolute atomic E-state index is 9.52. The van der Waals surface area contributed by atoms with E-state index in [4.69, 9.17) is 0 Å². The number of nitrogens with zero attached hydrogens (tertiary/aromatic N) is 1. The van der Waals surface area contributed by atoms with Gasteiger partial charge >= 0.3 is 0 Å². The highest BCUT2D eigenvalue weighted by Gasteiger charge is 2.24. The molecule has 110 valence electrons. The van der Waals surface area contributed by atoms with E-state index in [9.17, 15) is 10.2 Å². The number of piperidine rings is 1. The van der Waals surface area contributed by atoms with E-state index in [1.807, 2.05) is 6.07 Å². The summed E-state index contributed by atoms with van der Waals surface area (Å²) in [6.07, 6.45) is 5.24. The molecule has 3 N–H and O–H groups in total. The van der Waals surface area contributed by atoms with Gasteiger partial charge in [0.25, 0.3) is 0 Å². The maximum Gasteiger partial charge on any atom is 0.157 e. The first-order valence-corrected chi connectivity index (χ1v) is 7.67. The second-order valence-electron chi connectivity index (χ2n) is 6.23. The van der Waals surface area contributed by atoms with Crippen molar-refractivity contribution in [2.45, 2.75) is 38.3 Å². The van der Waals surface area contributed by atoms with Gasteiger partial charge in [0.15, 0.2) is 11.5 Å². The van der Waals surface area contributed by atoms with Crippen LogP contribution < -0.4 is 5.32 Å². The summed E-state index contributed by atoms with van der Waals surface area (Å²) in [5.41, 5.74) is 1.06. The monoisotopic (exact) mass is 276 g/mol. The third-order valence-electron chi connectivity index (χ3n) is 4.43. The molecule has 0 atom stereocenters. The summed E-state index contributed by atoms with van der Waals surface area (Å²) in [5.74, 6) is 0.883. The lowest BCUT2D eigenvalue weighted by Crippen LogP contribution is -2.42. The molecule has 0 bridgehead atoms. The van der Waals surface area contributed by atoms with Gasteiger partial charge in [0.05, 0.1) is 0 Å². The van der Waals surface area contributed by atoms with Crippen LogP contribution in [0.1, 0.15) is 31.2 Å². The molecule has 0 aromatic heterocycles. The fourth-order valence-corrected chi connectivity index (χ4v) is 2.88. The van der Waals surface area contributed by atoms with Crippen molar-refractivity contribution in [1.29, 1.82) is 0 Å². The van der Waals surface area contributed by atoms with Crippen molar-refractivity contribution in [2.24, 2.45) is 5.92 Å². The molecule has 1 aromatic rings. The highest BCUT2D eigenvalue weighted by molar-refractivity contribution is 5.40.